The van der Waals surface area contributed by atoms with Gasteiger partial charge in [0, 0.05) is 11.7 Å². The smallest absolute Gasteiger partial charge is 0.284 e. The van der Waals surface area contributed by atoms with Gasteiger partial charge in [-0.3, -0.25) is 15.3 Å². The fourth-order valence-electron chi connectivity index (χ4n) is 0.933. The number of nitro groups is 1. The minimum Gasteiger partial charge on any atom is -0.285 e. The summed E-state index contributed by atoms with van der Waals surface area (Å²) in [7, 11) is 0. The molecule has 0 fully saturated rings. The summed E-state index contributed by atoms with van der Waals surface area (Å²) in [5, 5.41) is 19.5. The van der Waals surface area contributed by atoms with E-state index in [1.54, 1.807) is 13.8 Å². The molecule has 1 N–H and O–H groups in total. The standard InChI is InChI=1S/C7H9N2O3/c1-5-6(2)8(10)4-3-7(5)9(11)12/h3-4,10H,1-2H3/q+1. The van der Waals surface area contributed by atoms with Gasteiger partial charge in [0.05, 0.1) is 16.6 Å². The summed E-state index contributed by atoms with van der Waals surface area (Å²) in [6.07, 6.45) is 1.25. The molecule has 0 radical (unpaired) electrons. The SMILES string of the molecule is Cc1c([N+](=O)[O-])cc[n+](O)c1C. The monoisotopic (exact) mass is 169 g/mol. The number of aromatic nitrogens is 1. The Morgan fingerprint density at radius 2 is 2.17 bits per heavy atom. The minimum atomic E-state index is -0.470. The first kappa shape index (κ1) is 8.45. The van der Waals surface area contributed by atoms with Gasteiger partial charge in [-0.15, -0.1) is 0 Å². The van der Waals surface area contributed by atoms with Gasteiger partial charge >= 0.3 is 0 Å². The van der Waals surface area contributed by atoms with Crippen LogP contribution in [0.5, 0.6) is 0 Å². The Balaban J connectivity index is 3.36. The average Bonchev–Trinajstić information content (AvgIpc) is 2.00. The molecule has 5 heteroatoms. The summed E-state index contributed by atoms with van der Waals surface area (Å²) in [6, 6.07) is 1.27. The second-order valence-corrected chi connectivity index (χ2v) is 2.51. The molecule has 0 bridgehead atoms. The maximum absolute atomic E-state index is 10.4. The van der Waals surface area contributed by atoms with Gasteiger partial charge in [-0.2, -0.15) is 0 Å². The highest BCUT2D eigenvalue weighted by Gasteiger charge is 2.19. The molecule has 12 heavy (non-hydrogen) atoms. The first-order chi connectivity index (χ1) is 5.54. The highest BCUT2D eigenvalue weighted by molar-refractivity contribution is 5.37. The molecule has 0 aliphatic carbocycles. The van der Waals surface area contributed by atoms with E-state index in [0.29, 0.717) is 11.3 Å². The van der Waals surface area contributed by atoms with Gasteiger partial charge in [0.25, 0.3) is 5.69 Å². The molecule has 0 saturated heterocycles. The van der Waals surface area contributed by atoms with Crippen molar-refractivity contribution in [2.75, 3.05) is 0 Å². The molecule has 64 valence electrons. The van der Waals surface area contributed by atoms with E-state index >= 15 is 0 Å². The fraction of sp³-hybridized carbons (Fsp3) is 0.286. The molecule has 0 aliphatic heterocycles. The van der Waals surface area contributed by atoms with E-state index in [9.17, 15) is 10.1 Å². The molecule has 0 unspecified atom stereocenters. The topological polar surface area (TPSA) is 67.2 Å². The van der Waals surface area contributed by atoms with Crippen LogP contribution in [-0.4, -0.2) is 10.1 Å². The Morgan fingerprint density at radius 1 is 1.58 bits per heavy atom. The van der Waals surface area contributed by atoms with Crippen LogP contribution in [0, 0.1) is 24.0 Å². The lowest BCUT2D eigenvalue weighted by molar-refractivity contribution is -0.909. The van der Waals surface area contributed by atoms with Crippen molar-refractivity contribution in [2.24, 2.45) is 0 Å². The first-order valence-electron chi connectivity index (χ1n) is 3.39. The number of rotatable bonds is 1. The van der Waals surface area contributed by atoms with E-state index in [4.69, 9.17) is 5.21 Å². The van der Waals surface area contributed by atoms with Crippen LogP contribution < -0.4 is 4.73 Å². The van der Waals surface area contributed by atoms with E-state index < -0.39 is 4.92 Å². The molecule has 1 heterocycles. The molecule has 5 nitrogen and oxygen atoms in total. The summed E-state index contributed by atoms with van der Waals surface area (Å²) < 4.78 is 0.863. The first-order valence-corrected chi connectivity index (χ1v) is 3.39. The van der Waals surface area contributed by atoms with Crippen molar-refractivity contribution in [2.45, 2.75) is 13.8 Å². The lowest BCUT2D eigenvalue weighted by Crippen LogP contribution is -2.34. The van der Waals surface area contributed by atoms with Gasteiger partial charge in [0.1, 0.15) is 0 Å². The van der Waals surface area contributed by atoms with Crippen molar-refractivity contribution in [3.63, 3.8) is 0 Å². The second-order valence-electron chi connectivity index (χ2n) is 2.51. The summed E-state index contributed by atoms with van der Waals surface area (Å²) in [4.78, 5) is 9.93. The van der Waals surface area contributed by atoms with Crippen LogP contribution in [0.3, 0.4) is 0 Å². The maximum Gasteiger partial charge on any atom is 0.284 e. The Bertz CT molecular complexity index is 336. The van der Waals surface area contributed by atoms with Crippen LogP contribution in [0.15, 0.2) is 12.3 Å². The minimum absolute atomic E-state index is 0.0257. The maximum atomic E-state index is 10.4. The van der Waals surface area contributed by atoms with E-state index in [1.807, 2.05) is 0 Å². The molecular formula is C7H9N2O3+. The zero-order chi connectivity index (χ0) is 9.30. The van der Waals surface area contributed by atoms with Crippen LogP contribution in [0.25, 0.3) is 0 Å². The molecule has 0 spiro atoms. The van der Waals surface area contributed by atoms with Crippen LogP contribution in [0.1, 0.15) is 11.3 Å². The van der Waals surface area contributed by atoms with E-state index in [2.05, 4.69) is 0 Å². The van der Waals surface area contributed by atoms with Crippen LogP contribution >= 0.6 is 0 Å². The lowest BCUT2D eigenvalue weighted by Gasteiger charge is -1.95. The second kappa shape index (κ2) is 2.77. The molecule has 0 amide bonds. The number of hydrogen-bond donors (Lipinski definition) is 1. The lowest BCUT2D eigenvalue weighted by atomic mass is 10.2. The van der Waals surface area contributed by atoms with Crippen LogP contribution in [0.2, 0.25) is 0 Å². The van der Waals surface area contributed by atoms with Crippen LogP contribution in [0.4, 0.5) is 5.69 Å². The highest BCUT2D eigenvalue weighted by atomic mass is 16.6. The molecule has 1 aromatic rings. The van der Waals surface area contributed by atoms with Crippen LogP contribution in [-0.2, 0) is 0 Å². The molecule has 0 atom stereocenters. The van der Waals surface area contributed by atoms with Gasteiger partial charge in [-0.05, 0) is 6.92 Å². The summed E-state index contributed by atoms with van der Waals surface area (Å²) in [6.45, 7) is 3.21. The molecule has 0 aromatic carbocycles. The van der Waals surface area contributed by atoms with Crippen molar-refractivity contribution in [3.8, 4) is 0 Å². The summed E-state index contributed by atoms with van der Waals surface area (Å²) >= 11 is 0. The molecule has 0 saturated carbocycles. The van der Waals surface area contributed by atoms with E-state index in [-0.39, 0.29) is 5.69 Å². The summed E-state index contributed by atoms with van der Waals surface area (Å²) in [5.41, 5.74) is 0.979. The number of hydrogen-bond acceptors (Lipinski definition) is 3. The predicted molar refractivity (Wildman–Crippen MR) is 39.9 cm³/mol. The van der Waals surface area contributed by atoms with Crippen molar-refractivity contribution in [3.05, 3.63) is 33.6 Å². The Kier molecular flexibility index (Phi) is 1.95. The van der Waals surface area contributed by atoms with Gasteiger partial charge in [0.2, 0.25) is 11.9 Å². The Hall–Kier alpha value is -1.65. The molecule has 1 aromatic heterocycles. The highest BCUT2D eigenvalue weighted by Crippen LogP contribution is 2.16. The van der Waals surface area contributed by atoms with Gasteiger partial charge in [-0.1, -0.05) is 0 Å². The third-order valence-corrected chi connectivity index (χ3v) is 1.84. The zero-order valence-electron chi connectivity index (χ0n) is 6.81. The van der Waals surface area contributed by atoms with Gasteiger partial charge in [0.15, 0.2) is 0 Å². The third kappa shape index (κ3) is 1.20. The number of nitrogens with zero attached hydrogens (tertiary/aromatic N) is 2. The van der Waals surface area contributed by atoms with Gasteiger partial charge in [-0.25, -0.2) is 0 Å². The third-order valence-electron chi connectivity index (χ3n) is 1.84. The molecule has 0 aliphatic rings. The van der Waals surface area contributed by atoms with Crippen molar-refractivity contribution < 1.29 is 14.9 Å². The van der Waals surface area contributed by atoms with Gasteiger partial charge < -0.3 is 0 Å². The zero-order valence-corrected chi connectivity index (χ0v) is 6.81. The Labute approximate surface area is 69.0 Å². The molecular weight excluding hydrogens is 160 g/mol. The quantitative estimate of drug-likeness (QED) is 0.292. The number of pyridine rings is 1. The predicted octanol–water partition coefficient (Wildman–Crippen LogP) is 0.736. The van der Waals surface area contributed by atoms with Crippen molar-refractivity contribution in [1.82, 2.24) is 0 Å². The van der Waals surface area contributed by atoms with Crippen molar-refractivity contribution >= 4 is 5.69 Å². The summed E-state index contributed by atoms with van der Waals surface area (Å²) in [5.74, 6) is 0. The molecule has 1 rings (SSSR count). The fourth-order valence-corrected chi connectivity index (χ4v) is 0.933. The average molecular weight is 169 g/mol. The van der Waals surface area contributed by atoms with E-state index in [1.165, 1.54) is 12.3 Å². The normalized spacial score (nSPS) is 9.83. The Morgan fingerprint density at radius 3 is 2.67 bits per heavy atom. The largest absolute Gasteiger partial charge is 0.285 e. The van der Waals surface area contributed by atoms with Crippen molar-refractivity contribution in [1.29, 1.82) is 0 Å². The van der Waals surface area contributed by atoms with E-state index in [0.717, 1.165) is 4.73 Å².